The molecule has 0 unspecified atom stereocenters. The van der Waals surface area contributed by atoms with Crippen molar-refractivity contribution in [1.82, 2.24) is 14.4 Å². The van der Waals surface area contributed by atoms with Crippen molar-refractivity contribution in [3.05, 3.63) is 77.1 Å². The summed E-state index contributed by atoms with van der Waals surface area (Å²) in [5.41, 5.74) is 5.73. The average molecular weight is 327 g/mol. The van der Waals surface area contributed by atoms with Gasteiger partial charge in [-0.2, -0.15) is 0 Å². The molecule has 2 aromatic heterocycles. The monoisotopic (exact) mass is 327 g/mol. The van der Waals surface area contributed by atoms with E-state index in [0.717, 1.165) is 34.4 Å². The van der Waals surface area contributed by atoms with Gasteiger partial charge in [-0.25, -0.2) is 9.97 Å². The van der Waals surface area contributed by atoms with Gasteiger partial charge in [-0.05, 0) is 37.0 Å². The molecule has 5 rings (SSSR count). The van der Waals surface area contributed by atoms with Crippen LogP contribution in [0.15, 0.2) is 54.6 Å². The van der Waals surface area contributed by atoms with Crippen LogP contribution in [-0.2, 0) is 6.42 Å². The number of para-hydroxylation sites is 2. The molecule has 0 radical (unpaired) electrons. The van der Waals surface area contributed by atoms with Crippen molar-refractivity contribution in [3.8, 4) is 0 Å². The van der Waals surface area contributed by atoms with Crippen LogP contribution in [-0.4, -0.2) is 20.2 Å². The Bertz CT molecular complexity index is 1130. The minimum absolute atomic E-state index is 0.180. The fourth-order valence-corrected chi connectivity index (χ4v) is 4.02. The smallest absolute Gasteiger partial charge is 0.235 e. The molecule has 4 nitrogen and oxygen atoms in total. The van der Waals surface area contributed by atoms with Crippen molar-refractivity contribution in [2.75, 3.05) is 0 Å². The van der Waals surface area contributed by atoms with Crippen LogP contribution in [0.5, 0.6) is 0 Å². The summed E-state index contributed by atoms with van der Waals surface area (Å²) in [5, 5.41) is 0. The summed E-state index contributed by atoms with van der Waals surface area (Å²) in [6.07, 6.45) is 1.32. The van der Waals surface area contributed by atoms with Gasteiger partial charge in [0.05, 0.1) is 22.3 Å². The molecule has 0 saturated heterocycles. The molecule has 2 aromatic carbocycles. The topological polar surface area (TPSA) is 47.3 Å². The quantitative estimate of drug-likeness (QED) is 0.529. The first-order valence-corrected chi connectivity index (χ1v) is 8.57. The molecule has 4 heteroatoms. The predicted molar refractivity (Wildman–Crippen MR) is 97.1 cm³/mol. The summed E-state index contributed by atoms with van der Waals surface area (Å²) in [6, 6.07) is 18.2. The zero-order valence-corrected chi connectivity index (χ0v) is 13.9. The van der Waals surface area contributed by atoms with Crippen molar-refractivity contribution < 1.29 is 4.79 Å². The first-order chi connectivity index (χ1) is 12.2. The molecule has 1 aliphatic carbocycles. The number of nitrogens with zero attached hydrogens (tertiary/aromatic N) is 3. The molecule has 0 aliphatic heterocycles. The molecular formula is C21H17N3O. The van der Waals surface area contributed by atoms with Crippen molar-refractivity contribution in [2.24, 2.45) is 0 Å². The van der Waals surface area contributed by atoms with E-state index in [9.17, 15) is 4.79 Å². The van der Waals surface area contributed by atoms with Gasteiger partial charge in [-0.15, -0.1) is 0 Å². The number of carbonyl (C=O) groups is 1. The van der Waals surface area contributed by atoms with E-state index >= 15 is 0 Å². The Morgan fingerprint density at radius 2 is 1.72 bits per heavy atom. The van der Waals surface area contributed by atoms with Crippen LogP contribution < -0.4 is 0 Å². The number of carbonyl (C=O) groups excluding carboxylic acids is 1. The Labute approximate surface area is 145 Å². The Kier molecular flexibility index (Phi) is 3.01. The van der Waals surface area contributed by atoms with E-state index < -0.39 is 0 Å². The Morgan fingerprint density at radius 1 is 0.960 bits per heavy atom. The Morgan fingerprint density at radius 3 is 2.56 bits per heavy atom. The predicted octanol–water partition coefficient (Wildman–Crippen LogP) is 4.10. The van der Waals surface area contributed by atoms with Gasteiger partial charge >= 0.3 is 0 Å². The maximum absolute atomic E-state index is 12.9. The molecule has 1 atom stereocenters. The number of aromatic nitrogens is 3. The molecule has 0 saturated carbocycles. The van der Waals surface area contributed by atoms with Crippen LogP contribution in [0.3, 0.4) is 0 Å². The lowest BCUT2D eigenvalue weighted by Gasteiger charge is -2.24. The summed E-state index contributed by atoms with van der Waals surface area (Å²) >= 11 is 0. The summed E-state index contributed by atoms with van der Waals surface area (Å²) < 4.78 is 2.01. The average Bonchev–Trinajstić information content (AvgIpc) is 3.00. The highest BCUT2D eigenvalue weighted by Crippen LogP contribution is 2.34. The number of hydrogen-bond acceptors (Lipinski definition) is 3. The van der Waals surface area contributed by atoms with Gasteiger partial charge in [0.2, 0.25) is 5.78 Å². The molecule has 0 bridgehead atoms. The molecule has 0 amide bonds. The molecule has 0 fully saturated rings. The second-order valence-corrected chi connectivity index (χ2v) is 6.69. The van der Waals surface area contributed by atoms with Crippen LogP contribution in [0.4, 0.5) is 0 Å². The molecular weight excluding hydrogens is 310 g/mol. The minimum Gasteiger partial charge on any atom is -0.294 e. The first-order valence-electron chi connectivity index (χ1n) is 8.57. The number of rotatable bonds is 1. The summed E-state index contributed by atoms with van der Waals surface area (Å²) in [7, 11) is 0. The fraction of sp³-hybridized carbons (Fsp3) is 0.190. The zero-order chi connectivity index (χ0) is 17.0. The minimum atomic E-state index is 0.180. The van der Waals surface area contributed by atoms with Gasteiger partial charge in [0, 0.05) is 12.1 Å². The molecule has 0 spiro atoms. The summed E-state index contributed by atoms with van der Waals surface area (Å²) in [5.74, 6) is 1.05. The van der Waals surface area contributed by atoms with Crippen LogP contribution in [0.25, 0.3) is 16.8 Å². The maximum Gasteiger partial charge on any atom is 0.235 e. The number of aryl methyl sites for hydroxylation is 1. The number of Topliss-reactive ketones (excluding diaryl/α,β-unsaturated/α-hetero) is 1. The summed E-state index contributed by atoms with van der Waals surface area (Å²) in [6.45, 7) is 2.00. The van der Waals surface area contributed by atoms with Gasteiger partial charge in [-0.3, -0.25) is 9.20 Å². The van der Waals surface area contributed by atoms with E-state index in [1.807, 2.05) is 53.8 Å². The third-order valence-electron chi connectivity index (χ3n) is 5.19. The number of benzene rings is 2. The highest BCUT2D eigenvalue weighted by Gasteiger charge is 2.30. The van der Waals surface area contributed by atoms with Gasteiger partial charge in [0.25, 0.3) is 0 Å². The first kappa shape index (κ1) is 14.3. The van der Waals surface area contributed by atoms with Crippen molar-refractivity contribution in [3.63, 3.8) is 0 Å². The van der Waals surface area contributed by atoms with E-state index in [4.69, 9.17) is 4.98 Å². The lowest BCUT2D eigenvalue weighted by molar-refractivity contribution is 0.0962. The molecule has 122 valence electrons. The van der Waals surface area contributed by atoms with Crippen molar-refractivity contribution >= 4 is 22.6 Å². The van der Waals surface area contributed by atoms with Gasteiger partial charge in [0.15, 0.2) is 5.78 Å². The number of hydrogen-bond donors (Lipinski definition) is 0. The van der Waals surface area contributed by atoms with Crippen LogP contribution in [0.2, 0.25) is 0 Å². The molecule has 25 heavy (non-hydrogen) atoms. The third kappa shape index (κ3) is 2.10. The highest BCUT2D eigenvalue weighted by atomic mass is 16.1. The van der Waals surface area contributed by atoms with Gasteiger partial charge < -0.3 is 0 Å². The second kappa shape index (κ2) is 5.24. The molecule has 1 aliphatic rings. The van der Waals surface area contributed by atoms with Crippen molar-refractivity contribution in [2.45, 2.75) is 25.7 Å². The van der Waals surface area contributed by atoms with E-state index in [1.54, 1.807) is 0 Å². The number of ketones is 1. The Hall–Kier alpha value is -3.01. The second-order valence-electron chi connectivity index (χ2n) is 6.69. The van der Waals surface area contributed by atoms with Gasteiger partial charge in [-0.1, -0.05) is 42.5 Å². The number of imidazole rings is 1. The van der Waals surface area contributed by atoms with Gasteiger partial charge in [0.1, 0.15) is 0 Å². The van der Waals surface area contributed by atoms with Crippen LogP contribution in [0.1, 0.15) is 39.6 Å². The van der Waals surface area contributed by atoms with Crippen LogP contribution in [0, 0.1) is 6.92 Å². The SMILES string of the molecule is Cc1c2c(nc3nc4ccccc4n13)C[C@@H](c1ccccc1)CC2=O. The van der Waals surface area contributed by atoms with E-state index in [-0.39, 0.29) is 11.7 Å². The largest absolute Gasteiger partial charge is 0.294 e. The van der Waals surface area contributed by atoms with E-state index in [2.05, 4.69) is 17.1 Å². The highest BCUT2D eigenvalue weighted by molar-refractivity contribution is 6.00. The summed E-state index contributed by atoms with van der Waals surface area (Å²) in [4.78, 5) is 22.3. The van der Waals surface area contributed by atoms with Crippen molar-refractivity contribution in [1.29, 1.82) is 0 Å². The lowest BCUT2D eigenvalue weighted by atomic mass is 9.81. The van der Waals surface area contributed by atoms with E-state index in [1.165, 1.54) is 5.56 Å². The van der Waals surface area contributed by atoms with E-state index in [0.29, 0.717) is 12.2 Å². The van der Waals surface area contributed by atoms with Crippen LogP contribution >= 0.6 is 0 Å². The molecule has 0 N–H and O–H groups in total. The lowest BCUT2D eigenvalue weighted by Crippen LogP contribution is -2.23. The maximum atomic E-state index is 12.9. The molecule has 4 aromatic rings. The number of fused-ring (bicyclic) bond motifs is 4. The fourth-order valence-electron chi connectivity index (χ4n) is 4.02. The normalized spacial score (nSPS) is 17.2. The molecule has 2 heterocycles. The zero-order valence-electron chi connectivity index (χ0n) is 13.9. The standard InChI is InChI=1S/C21H17N3O/c1-13-20-17(11-15(12-19(20)25)14-7-3-2-4-8-14)23-21-22-16-9-5-6-10-18(16)24(13)21/h2-10,15H,11-12H2,1H3/t15-/m1/s1. The third-order valence-corrected chi connectivity index (χ3v) is 5.19. The Balaban J connectivity index is 1.72.